The molecule has 2 atom stereocenters. The Morgan fingerprint density at radius 2 is 1.97 bits per heavy atom. The number of aliphatic hydroxyl groups excluding tert-OH is 1. The van der Waals surface area contributed by atoms with Gasteiger partial charge in [0, 0.05) is 29.3 Å². The van der Waals surface area contributed by atoms with Crippen LogP contribution in [0.4, 0.5) is 0 Å². The largest absolute Gasteiger partial charge is 0.493 e. The van der Waals surface area contributed by atoms with Gasteiger partial charge in [0.05, 0.1) is 23.9 Å². The van der Waals surface area contributed by atoms with Crippen molar-refractivity contribution in [2.75, 3.05) is 6.61 Å². The fraction of sp³-hybridized carbons (Fsp3) is 0.200. The lowest BCUT2D eigenvalue weighted by Gasteiger charge is -2.30. The molecule has 0 spiro atoms. The average Bonchev–Trinajstić information content (AvgIpc) is 2.80. The summed E-state index contributed by atoms with van der Waals surface area (Å²) >= 11 is 0. The molecule has 1 aliphatic heterocycles. The van der Waals surface area contributed by atoms with Crippen LogP contribution in [0.3, 0.4) is 0 Å². The van der Waals surface area contributed by atoms with Gasteiger partial charge in [0.1, 0.15) is 18.1 Å². The van der Waals surface area contributed by atoms with E-state index in [1.54, 1.807) is 6.20 Å². The Labute approximate surface area is 175 Å². The fourth-order valence-electron chi connectivity index (χ4n) is 3.86. The van der Waals surface area contributed by atoms with Gasteiger partial charge in [0.2, 0.25) is 0 Å². The summed E-state index contributed by atoms with van der Waals surface area (Å²) in [7, 11) is 0. The van der Waals surface area contributed by atoms with Crippen molar-refractivity contribution in [3.05, 3.63) is 95.9 Å². The summed E-state index contributed by atoms with van der Waals surface area (Å²) < 4.78 is 11.9. The minimum atomic E-state index is -0.615. The smallest absolute Gasteiger partial charge is 0.130 e. The first-order chi connectivity index (χ1) is 14.8. The first-order valence-corrected chi connectivity index (χ1v) is 10.1. The Kier molecular flexibility index (Phi) is 5.03. The first kappa shape index (κ1) is 18.6. The third-order valence-corrected chi connectivity index (χ3v) is 5.46. The van der Waals surface area contributed by atoms with Crippen molar-refractivity contribution in [1.82, 2.24) is 9.97 Å². The van der Waals surface area contributed by atoms with Crippen LogP contribution in [0.25, 0.3) is 10.9 Å². The minimum absolute atomic E-state index is 0.0286. The molecule has 0 saturated carbocycles. The molecule has 0 aliphatic carbocycles. The highest BCUT2D eigenvalue weighted by atomic mass is 16.5. The third kappa shape index (κ3) is 3.84. The molecular formula is C25H22N2O3. The topological polar surface area (TPSA) is 64.5 Å². The summed E-state index contributed by atoms with van der Waals surface area (Å²) in [6.07, 6.45) is 3.68. The summed E-state index contributed by atoms with van der Waals surface area (Å²) in [5.41, 5.74) is 3.66. The molecule has 0 radical (unpaired) electrons. The summed E-state index contributed by atoms with van der Waals surface area (Å²) in [6.45, 7) is 0.837. The SMILES string of the molecule is O[C@H]1c2cc(OCc3ccc4ccccc4n3)ccc2OC[C@H]1Cc1cccnc1. The molecule has 30 heavy (non-hydrogen) atoms. The molecule has 5 heteroatoms. The van der Waals surface area contributed by atoms with E-state index in [-0.39, 0.29) is 5.92 Å². The molecule has 1 N–H and O–H groups in total. The first-order valence-electron chi connectivity index (χ1n) is 10.1. The second-order valence-corrected chi connectivity index (χ2v) is 7.56. The van der Waals surface area contributed by atoms with Gasteiger partial charge in [0.25, 0.3) is 0 Å². The van der Waals surface area contributed by atoms with Gasteiger partial charge >= 0.3 is 0 Å². The number of aliphatic hydroxyl groups is 1. The van der Waals surface area contributed by atoms with Crippen LogP contribution in [0.1, 0.15) is 22.9 Å². The van der Waals surface area contributed by atoms with Gasteiger partial charge in [-0.05, 0) is 48.4 Å². The average molecular weight is 398 g/mol. The highest BCUT2D eigenvalue weighted by Gasteiger charge is 2.30. The lowest BCUT2D eigenvalue weighted by molar-refractivity contribution is 0.0504. The maximum Gasteiger partial charge on any atom is 0.130 e. The number of nitrogens with zero attached hydrogens (tertiary/aromatic N) is 2. The van der Waals surface area contributed by atoms with E-state index in [0.717, 1.165) is 27.7 Å². The molecule has 3 heterocycles. The second kappa shape index (κ2) is 8.13. The Balaban J connectivity index is 1.30. The molecule has 5 rings (SSSR count). The maximum atomic E-state index is 10.9. The number of benzene rings is 2. The zero-order valence-corrected chi connectivity index (χ0v) is 16.4. The van der Waals surface area contributed by atoms with Crippen molar-refractivity contribution in [2.45, 2.75) is 19.1 Å². The molecule has 2 aromatic heterocycles. The van der Waals surface area contributed by atoms with Crippen molar-refractivity contribution >= 4 is 10.9 Å². The van der Waals surface area contributed by atoms with Gasteiger partial charge in [-0.1, -0.05) is 30.3 Å². The molecular weight excluding hydrogens is 376 g/mol. The zero-order valence-electron chi connectivity index (χ0n) is 16.4. The van der Waals surface area contributed by atoms with Gasteiger partial charge in [-0.3, -0.25) is 4.98 Å². The van der Waals surface area contributed by atoms with Crippen LogP contribution in [-0.4, -0.2) is 21.7 Å². The summed E-state index contributed by atoms with van der Waals surface area (Å²) in [6, 6.07) is 21.6. The van der Waals surface area contributed by atoms with E-state index >= 15 is 0 Å². The van der Waals surface area contributed by atoms with Crippen molar-refractivity contribution in [1.29, 1.82) is 0 Å². The lowest BCUT2D eigenvalue weighted by atomic mass is 9.88. The maximum absolute atomic E-state index is 10.9. The lowest BCUT2D eigenvalue weighted by Crippen LogP contribution is -2.27. The molecule has 0 fully saturated rings. The van der Waals surface area contributed by atoms with Gasteiger partial charge in [-0.25, -0.2) is 4.98 Å². The zero-order chi connectivity index (χ0) is 20.3. The van der Waals surface area contributed by atoms with Crippen LogP contribution in [0.2, 0.25) is 0 Å². The Hall–Kier alpha value is -3.44. The number of aromatic nitrogens is 2. The molecule has 1 aliphatic rings. The van der Waals surface area contributed by atoms with E-state index in [1.807, 2.05) is 66.9 Å². The van der Waals surface area contributed by atoms with Crippen LogP contribution in [-0.2, 0) is 13.0 Å². The molecule has 4 aromatic rings. The third-order valence-electron chi connectivity index (χ3n) is 5.46. The number of rotatable bonds is 5. The summed E-state index contributed by atoms with van der Waals surface area (Å²) in [5.74, 6) is 1.37. The Morgan fingerprint density at radius 1 is 1.03 bits per heavy atom. The second-order valence-electron chi connectivity index (χ2n) is 7.56. The van der Waals surface area contributed by atoms with E-state index in [0.29, 0.717) is 31.1 Å². The van der Waals surface area contributed by atoms with Crippen LogP contribution in [0.15, 0.2) is 79.1 Å². The Morgan fingerprint density at radius 3 is 2.87 bits per heavy atom. The van der Waals surface area contributed by atoms with Gasteiger partial charge < -0.3 is 14.6 Å². The molecule has 0 unspecified atom stereocenters. The van der Waals surface area contributed by atoms with Gasteiger partial charge in [-0.15, -0.1) is 0 Å². The quantitative estimate of drug-likeness (QED) is 0.536. The molecule has 5 nitrogen and oxygen atoms in total. The van der Waals surface area contributed by atoms with E-state index in [1.165, 1.54) is 0 Å². The number of hydrogen-bond acceptors (Lipinski definition) is 5. The van der Waals surface area contributed by atoms with Crippen molar-refractivity contribution in [3.8, 4) is 11.5 Å². The fourth-order valence-corrected chi connectivity index (χ4v) is 3.86. The van der Waals surface area contributed by atoms with Crippen LogP contribution < -0.4 is 9.47 Å². The summed E-state index contributed by atoms with van der Waals surface area (Å²) in [5, 5.41) is 12.0. The molecule has 0 amide bonds. The van der Waals surface area contributed by atoms with Gasteiger partial charge in [-0.2, -0.15) is 0 Å². The van der Waals surface area contributed by atoms with Crippen molar-refractivity contribution in [3.63, 3.8) is 0 Å². The highest BCUT2D eigenvalue weighted by Crippen LogP contribution is 2.39. The van der Waals surface area contributed by atoms with E-state index < -0.39 is 6.10 Å². The van der Waals surface area contributed by atoms with Crippen molar-refractivity contribution < 1.29 is 14.6 Å². The van der Waals surface area contributed by atoms with E-state index in [4.69, 9.17) is 9.47 Å². The monoisotopic (exact) mass is 398 g/mol. The van der Waals surface area contributed by atoms with Crippen LogP contribution in [0, 0.1) is 5.92 Å². The van der Waals surface area contributed by atoms with Crippen LogP contribution in [0.5, 0.6) is 11.5 Å². The normalized spacial score (nSPS) is 17.9. The molecule has 0 saturated heterocycles. The van der Waals surface area contributed by atoms with E-state index in [2.05, 4.69) is 16.0 Å². The predicted octanol–water partition coefficient (Wildman–Crippen LogP) is 4.49. The standard InChI is InChI=1S/C25H22N2O3/c28-25-19(12-17-4-3-11-26-14-17)15-30-24-10-9-21(13-22(24)25)29-16-20-8-7-18-5-1-2-6-23(18)27-20/h1-11,13-14,19,25,28H,12,15-16H2/t19-,25-/m1/s1. The molecule has 150 valence electrons. The molecule has 2 aromatic carbocycles. The predicted molar refractivity (Wildman–Crippen MR) is 114 cm³/mol. The molecule has 0 bridgehead atoms. The van der Waals surface area contributed by atoms with E-state index in [9.17, 15) is 5.11 Å². The Bertz CT molecular complexity index is 1160. The minimum Gasteiger partial charge on any atom is -0.493 e. The summed E-state index contributed by atoms with van der Waals surface area (Å²) in [4.78, 5) is 8.80. The highest BCUT2D eigenvalue weighted by molar-refractivity contribution is 5.78. The van der Waals surface area contributed by atoms with Gasteiger partial charge in [0.15, 0.2) is 0 Å². The number of ether oxygens (including phenoxy) is 2. The van der Waals surface area contributed by atoms with Crippen molar-refractivity contribution in [2.24, 2.45) is 5.92 Å². The number of pyridine rings is 2. The number of hydrogen-bond donors (Lipinski definition) is 1. The number of fused-ring (bicyclic) bond motifs is 2. The number of para-hydroxylation sites is 1. The van der Waals surface area contributed by atoms with Crippen LogP contribution >= 0.6 is 0 Å².